The summed E-state index contributed by atoms with van der Waals surface area (Å²) in [6.07, 6.45) is 8.21. The Morgan fingerprint density at radius 2 is 1.42 bits per heavy atom. The molecule has 9 rings (SSSR count). The molecule has 1 saturated carbocycles. The Balaban J connectivity index is 0.00000118. The van der Waals surface area contributed by atoms with Gasteiger partial charge in [0.05, 0.1) is 61.6 Å². The van der Waals surface area contributed by atoms with E-state index in [1.54, 1.807) is 20.4 Å². The number of rotatable bonds is 11. The Hall–Kier alpha value is -6.33. The van der Waals surface area contributed by atoms with E-state index in [0.717, 1.165) is 59.2 Å². The molecular formula is C54H69F2N8O7+. The van der Waals surface area contributed by atoms with E-state index in [9.17, 15) is 28.4 Å². The molecule has 5 aromatic rings. The van der Waals surface area contributed by atoms with Crippen molar-refractivity contribution in [2.45, 2.75) is 122 Å². The first-order valence-corrected chi connectivity index (χ1v) is 24.9. The number of quaternary nitrogens is 1. The van der Waals surface area contributed by atoms with Crippen LogP contribution < -0.4 is 16.2 Å². The molecule has 5 N–H and O–H groups in total. The number of amides is 4. The van der Waals surface area contributed by atoms with Crippen molar-refractivity contribution >= 4 is 35.2 Å². The molecule has 17 heteroatoms. The number of halogens is 2. The van der Waals surface area contributed by atoms with Gasteiger partial charge in [-0.2, -0.15) is 4.79 Å². The first kappa shape index (κ1) is 52.5. The first-order chi connectivity index (χ1) is 34.2. The molecule has 3 aromatic carbocycles. The summed E-state index contributed by atoms with van der Waals surface area (Å²) in [5, 5.41) is 3.99. The van der Waals surface area contributed by atoms with Crippen molar-refractivity contribution in [2.24, 2.45) is 11.3 Å². The number of methoxy groups -OCH3 is 2. The van der Waals surface area contributed by atoms with E-state index in [4.69, 9.17) is 9.72 Å². The highest BCUT2D eigenvalue weighted by atomic mass is 19.1. The number of nitrogens with two attached hydrogens (primary N) is 1. The number of imidazole rings is 1. The fourth-order valence-electron chi connectivity index (χ4n) is 10.9. The lowest BCUT2D eigenvalue weighted by molar-refractivity contribution is -0.601. The van der Waals surface area contributed by atoms with Crippen LogP contribution >= 0.6 is 0 Å². The molecule has 4 aliphatic rings. The Bertz CT molecular complexity index is 2730. The van der Waals surface area contributed by atoms with Crippen LogP contribution in [0.4, 0.5) is 13.6 Å². The van der Waals surface area contributed by atoms with Crippen molar-refractivity contribution in [3.63, 3.8) is 0 Å². The number of aromatic nitrogens is 4. The summed E-state index contributed by atoms with van der Waals surface area (Å²) in [4.78, 5) is 81.7. The van der Waals surface area contributed by atoms with E-state index in [2.05, 4.69) is 63.1 Å². The van der Waals surface area contributed by atoms with Crippen molar-refractivity contribution in [3.8, 4) is 33.5 Å². The number of carbonyl (C=O) groups is 4. The van der Waals surface area contributed by atoms with Crippen LogP contribution in [-0.4, -0.2) is 113 Å². The molecule has 2 saturated heterocycles. The van der Waals surface area contributed by atoms with Crippen LogP contribution in [0.25, 0.3) is 44.4 Å². The van der Waals surface area contributed by atoms with E-state index < -0.39 is 42.5 Å². The second-order valence-corrected chi connectivity index (χ2v) is 19.8. The van der Waals surface area contributed by atoms with Crippen LogP contribution in [0.2, 0.25) is 0 Å². The number of ether oxygens (including phenoxy) is 2. The number of nitrogens with one attached hydrogen (secondary N) is 3. The Morgan fingerprint density at radius 3 is 2.03 bits per heavy atom. The molecule has 1 spiro atoms. The molecule has 5 atom stereocenters. The van der Waals surface area contributed by atoms with Gasteiger partial charge in [-0.3, -0.25) is 19.2 Å². The molecule has 4 heterocycles. The third-order valence-corrected chi connectivity index (χ3v) is 14.2. The van der Waals surface area contributed by atoms with Gasteiger partial charge >= 0.3 is 6.09 Å². The quantitative estimate of drug-likeness (QED) is 0.0960. The number of H-pyrrole nitrogens is 2. The summed E-state index contributed by atoms with van der Waals surface area (Å²) >= 11 is 0. The fourth-order valence-corrected chi connectivity index (χ4v) is 10.9. The number of carbonyl (C=O) groups excluding carboxylic acids is 4. The average Bonchev–Trinajstić information content (AvgIpc) is 4.18. The molecule has 2 aliphatic heterocycles. The molecule has 0 radical (unpaired) electrons. The van der Waals surface area contributed by atoms with Crippen LogP contribution in [0.1, 0.15) is 114 Å². The predicted octanol–water partition coefficient (Wildman–Crippen LogP) is 7.70. The van der Waals surface area contributed by atoms with Crippen LogP contribution in [0.3, 0.4) is 0 Å². The Morgan fingerprint density at radius 1 is 0.845 bits per heavy atom. The summed E-state index contributed by atoms with van der Waals surface area (Å²) in [6.45, 7) is 7.44. The third-order valence-electron chi connectivity index (χ3n) is 14.2. The van der Waals surface area contributed by atoms with Gasteiger partial charge in [-0.1, -0.05) is 95.8 Å². The van der Waals surface area contributed by atoms with Gasteiger partial charge in [0.15, 0.2) is 6.04 Å². The van der Waals surface area contributed by atoms with E-state index in [-0.39, 0.29) is 61.1 Å². The smallest absolute Gasteiger partial charge is 0.423 e. The molecule has 0 bridgehead atoms. The summed E-state index contributed by atoms with van der Waals surface area (Å²) < 4.78 is 38.6. The van der Waals surface area contributed by atoms with E-state index in [1.807, 2.05) is 44.2 Å². The van der Waals surface area contributed by atoms with Gasteiger partial charge in [-0.25, -0.2) is 24.1 Å². The van der Waals surface area contributed by atoms with Crippen LogP contribution in [0.15, 0.2) is 65.6 Å². The van der Waals surface area contributed by atoms with Crippen molar-refractivity contribution in [1.29, 1.82) is 0 Å². The van der Waals surface area contributed by atoms with Gasteiger partial charge in [-0.05, 0) is 82.2 Å². The molecule has 2 aromatic heterocycles. The van der Waals surface area contributed by atoms with E-state index in [1.165, 1.54) is 59.0 Å². The highest BCUT2D eigenvalue weighted by Gasteiger charge is 2.44. The zero-order valence-corrected chi connectivity index (χ0v) is 42.0. The number of primary amides is 1. The highest BCUT2D eigenvalue weighted by Crippen LogP contribution is 2.52. The molecule has 3 fully saturated rings. The highest BCUT2D eigenvalue weighted by molar-refractivity contribution is 5.87. The zero-order valence-electron chi connectivity index (χ0n) is 42.0. The van der Waals surface area contributed by atoms with Gasteiger partial charge in [0.25, 0.3) is 11.5 Å². The number of fused-ring (bicyclic) bond motifs is 2. The minimum atomic E-state index is -1.32. The van der Waals surface area contributed by atoms with Gasteiger partial charge in [0, 0.05) is 33.0 Å². The lowest BCUT2D eigenvalue weighted by Gasteiger charge is -2.33. The SMILES string of the molecule is CCC.COC.COC(=O)[NH2+]C(C(=O)N1CC(F)CC1c1nc2ccc(-c3ccc(-c4ccc(-c5cnc(C6CC(F)CN6C(=O)CNC=O)[nH]5)cc4)c4c3CC3(CCCCC3)C4)cc2c(=O)[nH]1)C(C)C. The van der Waals surface area contributed by atoms with Crippen LogP contribution in [0.5, 0.6) is 0 Å². The largest absolute Gasteiger partial charge is 0.513 e. The molecule has 2 aliphatic carbocycles. The summed E-state index contributed by atoms with van der Waals surface area (Å²) in [5.41, 5.74) is 8.69. The van der Waals surface area contributed by atoms with Crippen LogP contribution in [0, 0.1) is 11.3 Å². The maximum atomic E-state index is 15.1. The number of hydrogen-bond donors (Lipinski definition) is 4. The first-order valence-electron chi connectivity index (χ1n) is 24.9. The number of benzene rings is 3. The zero-order chi connectivity index (χ0) is 51.0. The van der Waals surface area contributed by atoms with Gasteiger partial charge in [0.2, 0.25) is 12.3 Å². The Labute approximate surface area is 413 Å². The number of likely N-dealkylation sites (tertiary alicyclic amines) is 2. The minimum absolute atomic E-state index is 0.0258. The summed E-state index contributed by atoms with van der Waals surface area (Å²) in [6, 6.07) is 16.1. The normalized spacial score (nSPS) is 20.5. The van der Waals surface area contributed by atoms with Crippen molar-refractivity contribution in [1.82, 2.24) is 35.1 Å². The number of hydrogen-bond acceptors (Lipinski definition) is 9. The molecular weight excluding hydrogens is 911 g/mol. The van der Waals surface area contributed by atoms with Crippen molar-refractivity contribution in [2.75, 3.05) is 41.0 Å². The molecule has 15 nitrogen and oxygen atoms in total. The van der Waals surface area contributed by atoms with Crippen LogP contribution in [-0.2, 0) is 36.7 Å². The topological polar surface area (TPSA) is 196 Å². The van der Waals surface area contributed by atoms with Crippen molar-refractivity contribution < 1.29 is 42.7 Å². The van der Waals surface area contributed by atoms with Gasteiger partial charge in [-0.15, -0.1) is 0 Å². The molecule has 380 valence electrons. The monoisotopic (exact) mass is 980 g/mol. The predicted molar refractivity (Wildman–Crippen MR) is 268 cm³/mol. The number of nitrogens with zero attached hydrogens (tertiary/aromatic N) is 4. The second-order valence-electron chi connectivity index (χ2n) is 19.8. The minimum Gasteiger partial charge on any atom is -0.423 e. The standard InChI is InChI=1S/C49H54F2N8O6.C3H8.C2H6O/c1-27(2)43(56-48(64)65-3)47(63)59-25-32(51)19-41(59)45-54-38-14-11-30(17-35(38)46(62)57-45)34-13-12-33(36-20-49(21-37(34)36)15-5-4-6-16-49)28-7-9-29(10-8-28)39-22-53-44(55-39)40-18-31(50)24-58(40)42(61)23-52-26-60;2*1-3-2/h7-14,17,22,26-27,31-32,40-41,43H,4-6,15-16,18-21,23-25H2,1-3H3,(H,52,60)(H,53,55)(H,56,64)(H,54,57,62);3H2,1-2H3;1-2H3/p+1. The van der Waals surface area contributed by atoms with E-state index in [0.29, 0.717) is 23.1 Å². The molecule has 5 unspecified atom stereocenters. The third kappa shape index (κ3) is 11.6. The van der Waals surface area contributed by atoms with E-state index >= 15 is 4.39 Å². The summed E-state index contributed by atoms with van der Waals surface area (Å²) in [7, 11) is 4.49. The average molecular weight is 980 g/mol. The maximum absolute atomic E-state index is 15.1. The lowest BCUT2D eigenvalue weighted by Crippen LogP contribution is -2.96. The van der Waals surface area contributed by atoms with Gasteiger partial charge in [0.1, 0.15) is 24.0 Å². The number of aromatic amines is 2. The second kappa shape index (κ2) is 23.3. The van der Waals surface area contributed by atoms with Gasteiger partial charge < -0.3 is 34.6 Å². The fraction of sp³-hybridized carbons (Fsp3) is 0.500. The lowest BCUT2D eigenvalue weighted by atomic mass is 9.72. The molecule has 4 amide bonds. The number of alkyl halides is 2. The maximum Gasteiger partial charge on any atom is 0.513 e. The molecule has 71 heavy (non-hydrogen) atoms. The summed E-state index contributed by atoms with van der Waals surface area (Å²) in [5.74, 6) is -0.334. The van der Waals surface area contributed by atoms with Crippen molar-refractivity contribution in [3.05, 3.63) is 93.9 Å². The Kier molecular flexibility index (Phi) is 17.2.